The average molecular weight is 491 g/mol. The van der Waals surface area contributed by atoms with Crippen LogP contribution in [0.2, 0.25) is 0 Å². The second-order valence-corrected chi connectivity index (χ2v) is 8.62. The summed E-state index contributed by atoms with van der Waals surface area (Å²) in [5.74, 6) is -13.1. The summed E-state index contributed by atoms with van der Waals surface area (Å²) < 4.78 is 66.3. The Morgan fingerprint density at radius 1 is 0.500 bits per heavy atom. The Morgan fingerprint density at radius 2 is 0.794 bits per heavy atom. The number of halogens is 5. The van der Waals surface area contributed by atoms with Crippen LogP contribution in [0.3, 0.4) is 0 Å². The van der Waals surface area contributed by atoms with Crippen LogP contribution < -0.4 is 4.65 Å². The van der Waals surface area contributed by atoms with E-state index in [0.717, 1.165) is 0 Å². The summed E-state index contributed by atoms with van der Waals surface area (Å²) in [7, 11) is -2.71. The molecule has 3 nitrogen and oxygen atoms in total. The molecule has 34 heavy (non-hydrogen) atoms. The quantitative estimate of drug-likeness (QED) is 0.127. The monoisotopic (exact) mass is 491 g/mol. The lowest BCUT2D eigenvalue weighted by atomic mass is 10.2. The van der Waals surface area contributed by atoms with Crippen molar-refractivity contribution in [3.05, 3.63) is 120 Å². The normalized spacial score (nSPS) is 10.5. The molecule has 0 aliphatic rings. The highest BCUT2D eigenvalue weighted by molar-refractivity contribution is 7.97. The molecule has 2 N–H and O–H groups in total. The van der Waals surface area contributed by atoms with E-state index in [-0.39, 0.29) is 10.9 Å². The van der Waals surface area contributed by atoms with E-state index in [4.69, 9.17) is 10.0 Å². The molecule has 0 fully saturated rings. The highest BCUT2D eigenvalue weighted by Crippen LogP contribution is 2.31. The summed E-state index contributed by atoms with van der Waals surface area (Å²) in [4.78, 5) is 4.08. The van der Waals surface area contributed by atoms with E-state index in [0.29, 0.717) is 0 Å². The van der Waals surface area contributed by atoms with Crippen LogP contribution in [0.4, 0.5) is 22.0 Å². The molecule has 0 aliphatic heterocycles. The lowest BCUT2D eigenvalue weighted by molar-refractivity contribution is 0.263. The van der Waals surface area contributed by atoms with Gasteiger partial charge in [-0.05, 0) is 36.4 Å². The van der Waals surface area contributed by atoms with Gasteiger partial charge in [0.05, 0.1) is 10.9 Å². The van der Waals surface area contributed by atoms with Crippen molar-refractivity contribution < 1.29 is 36.7 Å². The molecule has 0 spiro atoms. The minimum atomic E-state index is -2.70. The van der Waals surface area contributed by atoms with Crippen molar-refractivity contribution in [1.29, 1.82) is 0 Å². The fourth-order valence-electron chi connectivity index (χ4n) is 2.87. The molecular weight excluding hydrogens is 474 g/mol. The molecule has 4 aromatic rings. The van der Waals surface area contributed by atoms with Crippen molar-refractivity contribution in [1.82, 2.24) is 0 Å². The third-order valence-corrected chi connectivity index (χ3v) is 6.56. The Kier molecular flexibility index (Phi) is 8.69. The first-order valence-electron chi connectivity index (χ1n) is 9.75. The first kappa shape index (κ1) is 25.3. The van der Waals surface area contributed by atoms with E-state index in [1.54, 1.807) is 0 Å². The summed E-state index contributed by atoms with van der Waals surface area (Å²) in [6, 6.07) is 32.2. The van der Waals surface area contributed by atoms with Crippen LogP contribution in [-0.2, 0) is 10.9 Å². The molecule has 10 heteroatoms. The van der Waals surface area contributed by atoms with Crippen LogP contribution in [0, 0.1) is 29.1 Å². The van der Waals surface area contributed by atoms with Gasteiger partial charge in [-0.25, -0.2) is 13.2 Å². The molecule has 4 aromatic carbocycles. The zero-order valence-corrected chi connectivity index (χ0v) is 18.2. The topological polar surface area (TPSA) is 49.7 Å². The van der Waals surface area contributed by atoms with Crippen molar-refractivity contribution in [2.45, 2.75) is 14.7 Å². The van der Waals surface area contributed by atoms with E-state index < -0.39 is 42.2 Å². The van der Waals surface area contributed by atoms with Crippen molar-refractivity contribution in [2.24, 2.45) is 0 Å². The van der Waals surface area contributed by atoms with E-state index >= 15 is 0 Å². The van der Waals surface area contributed by atoms with Gasteiger partial charge in [0.2, 0.25) is 29.1 Å². The van der Waals surface area contributed by atoms with Crippen molar-refractivity contribution in [2.75, 3.05) is 0 Å². The van der Waals surface area contributed by atoms with Crippen LogP contribution in [0.1, 0.15) is 0 Å². The Morgan fingerprint density at radius 3 is 1.09 bits per heavy atom. The standard InChI is InChI=1S/C18H15S.C6H2BF5O3/c1-4-10-16(11-5-1)19(17-12-6-2-7-13-17)18-14-8-3-9-15-18;8-1-2(9)4(11)6(15-7(13)14)5(12)3(1)10/h1-15H;13-14H/q+1;. The summed E-state index contributed by atoms with van der Waals surface area (Å²) in [6.45, 7) is 0. The largest absolute Gasteiger partial charge is 0.707 e. The summed E-state index contributed by atoms with van der Waals surface area (Å²) in [5.41, 5.74) is 0. The van der Waals surface area contributed by atoms with Crippen LogP contribution in [0.15, 0.2) is 106 Å². The second kappa shape index (κ2) is 11.7. The Balaban J connectivity index is 0.000000197. The molecule has 0 aromatic heterocycles. The molecule has 0 atom stereocenters. The summed E-state index contributed by atoms with van der Waals surface area (Å²) in [5, 5.41) is 16.3. The maximum absolute atomic E-state index is 12.7. The van der Waals surface area contributed by atoms with Crippen LogP contribution in [0.5, 0.6) is 5.75 Å². The molecule has 4 rings (SSSR count). The Hall–Kier alpha value is -3.34. The second-order valence-electron chi connectivity index (χ2n) is 6.59. The fraction of sp³-hybridized carbons (Fsp3) is 0. The molecule has 174 valence electrons. The van der Waals surface area contributed by atoms with Gasteiger partial charge in [0.15, 0.2) is 20.4 Å². The van der Waals surface area contributed by atoms with Gasteiger partial charge in [-0.1, -0.05) is 54.6 Å². The molecule has 0 bridgehead atoms. The maximum atomic E-state index is 12.7. The summed E-state index contributed by atoms with van der Waals surface area (Å²) >= 11 is 0. The highest BCUT2D eigenvalue weighted by Gasteiger charge is 2.29. The van der Waals surface area contributed by atoms with Gasteiger partial charge in [-0.3, -0.25) is 0 Å². The van der Waals surface area contributed by atoms with Gasteiger partial charge in [0.25, 0.3) is 0 Å². The smallest absolute Gasteiger partial charge is 0.507 e. The molecule has 0 aliphatic carbocycles. The Bertz CT molecular complexity index is 1090. The lowest BCUT2D eigenvalue weighted by Gasteiger charge is -2.08. The van der Waals surface area contributed by atoms with Crippen LogP contribution >= 0.6 is 0 Å². The Labute approximate surface area is 195 Å². The highest BCUT2D eigenvalue weighted by atomic mass is 32.2. The number of rotatable bonds is 5. The minimum Gasteiger partial charge on any atom is -0.507 e. The summed E-state index contributed by atoms with van der Waals surface area (Å²) in [6.07, 6.45) is 0. The lowest BCUT2D eigenvalue weighted by Crippen LogP contribution is -2.23. The van der Waals surface area contributed by atoms with Gasteiger partial charge in [-0.15, -0.1) is 0 Å². The van der Waals surface area contributed by atoms with Crippen LogP contribution in [-0.4, -0.2) is 17.4 Å². The van der Waals surface area contributed by atoms with E-state index in [2.05, 4.69) is 95.6 Å². The van der Waals surface area contributed by atoms with Gasteiger partial charge in [0.1, 0.15) is 0 Å². The number of benzene rings is 4. The van der Waals surface area contributed by atoms with Gasteiger partial charge < -0.3 is 14.7 Å². The minimum absolute atomic E-state index is 0.0146. The number of hydrogen-bond acceptors (Lipinski definition) is 3. The van der Waals surface area contributed by atoms with Crippen molar-refractivity contribution >= 4 is 18.2 Å². The molecule has 0 amide bonds. The molecule has 0 saturated carbocycles. The van der Waals surface area contributed by atoms with Gasteiger partial charge in [-0.2, -0.15) is 8.78 Å². The van der Waals surface area contributed by atoms with E-state index in [1.165, 1.54) is 14.7 Å². The van der Waals surface area contributed by atoms with Crippen LogP contribution in [0.25, 0.3) is 0 Å². The molecule has 0 radical (unpaired) electrons. The maximum Gasteiger partial charge on any atom is 0.707 e. The van der Waals surface area contributed by atoms with Crippen molar-refractivity contribution in [3.63, 3.8) is 0 Å². The molecular formula is C24H17BF5O3S+. The predicted molar refractivity (Wildman–Crippen MR) is 119 cm³/mol. The predicted octanol–water partition coefficient (Wildman–Crippen LogP) is 5.51. The molecule has 0 unspecified atom stereocenters. The first-order chi connectivity index (χ1) is 16.3. The zero-order chi connectivity index (χ0) is 24.7. The molecule has 0 heterocycles. The third-order valence-electron chi connectivity index (χ3n) is 4.33. The third kappa shape index (κ3) is 5.96. The fourth-order valence-corrected chi connectivity index (χ4v) is 4.98. The molecule has 0 saturated heterocycles. The SMILES string of the molecule is OB(O)Oc1c(F)c(F)c(F)c(F)c1F.c1ccc([S+](c2ccccc2)c2ccccc2)cc1. The van der Waals surface area contributed by atoms with Gasteiger partial charge >= 0.3 is 7.32 Å². The van der Waals surface area contributed by atoms with E-state index in [1.807, 2.05) is 0 Å². The van der Waals surface area contributed by atoms with Crippen molar-refractivity contribution in [3.8, 4) is 5.75 Å². The van der Waals surface area contributed by atoms with Gasteiger partial charge in [0, 0.05) is 0 Å². The van der Waals surface area contributed by atoms with E-state index in [9.17, 15) is 22.0 Å². The average Bonchev–Trinajstić information content (AvgIpc) is 2.87. The first-order valence-corrected chi connectivity index (χ1v) is 11.0. The zero-order valence-electron chi connectivity index (χ0n) is 17.3. The number of hydrogen-bond donors (Lipinski definition) is 2.